The van der Waals surface area contributed by atoms with Crippen LogP contribution < -0.4 is 5.43 Å². The van der Waals surface area contributed by atoms with Gasteiger partial charge in [-0.15, -0.1) is 0 Å². The third-order valence-electron chi connectivity index (χ3n) is 2.62. The van der Waals surface area contributed by atoms with E-state index in [0.29, 0.717) is 5.69 Å². The maximum Gasteiger partial charge on any atom is 0.257 e. The number of carbonyl (C=O) groups excluding carboxylic acids is 1. The molecule has 0 fully saturated rings. The number of carbonyl (C=O) groups is 1. The van der Waals surface area contributed by atoms with Gasteiger partial charge in [-0.25, -0.2) is 8.78 Å². The zero-order chi connectivity index (χ0) is 14.2. The fraction of sp³-hybridized carbons (Fsp3) is 0.0769. The third kappa shape index (κ3) is 2.56. The average molecular weight is 284 g/mol. The molecule has 0 amide bonds. The van der Waals surface area contributed by atoms with Crippen molar-refractivity contribution in [3.05, 3.63) is 63.6 Å². The number of pyridine rings is 1. The van der Waals surface area contributed by atoms with Crippen LogP contribution >= 0.6 is 11.6 Å². The molecular weight excluding hydrogens is 276 g/mol. The molecule has 0 N–H and O–H groups in total. The third-order valence-corrected chi connectivity index (χ3v) is 2.83. The first-order valence-electron chi connectivity index (χ1n) is 5.28. The normalized spacial score (nSPS) is 10.5. The van der Waals surface area contributed by atoms with Crippen LogP contribution in [0.25, 0.3) is 5.69 Å². The number of nitrogens with zero attached hydrogens (tertiary/aromatic N) is 1. The van der Waals surface area contributed by atoms with Crippen LogP contribution in [0.5, 0.6) is 0 Å². The fourth-order valence-corrected chi connectivity index (χ4v) is 1.85. The van der Waals surface area contributed by atoms with Gasteiger partial charge in [0.25, 0.3) is 5.24 Å². The number of halogens is 3. The minimum Gasteiger partial charge on any atom is -0.317 e. The van der Waals surface area contributed by atoms with Crippen LogP contribution in [-0.4, -0.2) is 9.81 Å². The topological polar surface area (TPSA) is 39.1 Å². The summed E-state index contributed by atoms with van der Waals surface area (Å²) in [4.78, 5) is 22.6. The van der Waals surface area contributed by atoms with Gasteiger partial charge in [-0.3, -0.25) is 9.59 Å². The first kappa shape index (κ1) is 13.4. The van der Waals surface area contributed by atoms with Crippen molar-refractivity contribution in [1.29, 1.82) is 0 Å². The predicted molar refractivity (Wildman–Crippen MR) is 66.9 cm³/mol. The van der Waals surface area contributed by atoms with Crippen molar-refractivity contribution in [2.75, 3.05) is 0 Å². The standard InChI is InChI=1S/C13H8ClF2NO2/c1-7-4-12(18)9(13(14)19)6-17(7)11-5-8(15)2-3-10(11)16/h2-6H,1H3. The molecule has 0 atom stereocenters. The van der Waals surface area contributed by atoms with Crippen LogP contribution in [0, 0.1) is 18.6 Å². The van der Waals surface area contributed by atoms with E-state index in [4.69, 9.17) is 11.6 Å². The van der Waals surface area contributed by atoms with E-state index in [1.807, 2.05) is 0 Å². The van der Waals surface area contributed by atoms with Crippen LogP contribution in [0.4, 0.5) is 8.78 Å². The Balaban J connectivity index is 2.75. The van der Waals surface area contributed by atoms with Crippen LogP contribution in [-0.2, 0) is 0 Å². The van der Waals surface area contributed by atoms with Crippen LogP contribution in [0.3, 0.4) is 0 Å². The molecule has 0 saturated carbocycles. The van der Waals surface area contributed by atoms with Gasteiger partial charge in [-0.1, -0.05) is 0 Å². The molecule has 0 spiro atoms. The quantitative estimate of drug-likeness (QED) is 0.795. The molecule has 6 heteroatoms. The largest absolute Gasteiger partial charge is 0.317 e. The SMILES string of the molecule is Cc1cc(=O)c(C(=O)Cl)cn1-c1cc(F)ccc1F. The Hall–Kier alpha value is -2.01. The molecule has 0 aliphatic heterocycles. The molecule has 0 saturated heterocycles. The molecule has 3 nitrogen and oxygen atoms in total. The molecule has 0 aliphatic rings. The van der Waals surface area contributed by atoms with E-state index in [9.17, 15) is 18.4 Å². The highest BCUT2D eigenvalue weighted by molar-refractivity contribution is 6.67. The first-order valence-corrected chi connectivity index (χ1v) is 5.66. The minimum absolute atomic E-state index is 0.100. The lowest BCUT2D eigenvalue weighted by molar-refractivity contribution is 0.108. The van der Waals surface area contributed by atoms with E-state index >= 15 is 0 Å². The second-order valence-electron chi connectivity index (χ2n) is 3.93. The molecule has 1 heterocycles. The molecule has 0 radical (unpaired) electrons. The molecule has 2 rings (SSSR count). The number of aromatic nitrogens is 1. The van der Waals surface area contributed by atoms with E-state index in [1.165, 1.54) is 11.5 Å². The van der Waals surface area contributed by atoms with Crippen LogP contribution in [0.2, 0.25) is 0 Å². The van der Waals surface area contributed by atoms with Gasteiger partial charge in [0.1, 0.15) is 11.6 Å². The van der Waals surface area contributed by atoms with Gasteiger partial charge in [0.2, 0.25) is 0 Å². The molecule has 1 aromatic heterocycles. The summed E-state index contributed by atoms with van der Waals surface area (Å²) in [6.07, 6.45) is 1.10. The highest BCUT2D eigenvalue weighted by Gasteiger charge is 2.13. The molecular formula is C13H8ClF2NO2. The predicted octanol–water partition coefficient (Wildman–Crippen LogP) is 2.80. The Morgan fingerprint density at radius 1 is 1.26 bits per heavy atom. The number of benzene rings is 1. The smallest absolute Gasteiger partial charge is 0.257 e. The summed E-state index contributed by atoms with van der Waals surface area (Å²) < 4.78 is 28.1. The monoisotopic (exact) mass is 283 g/mol. The Kier molecular flexibility index (Phi) is 3.48. The van der Waals surface area contributed by atoms with Gasteiger partial charge in [0.05, 0.1) is 11.3 Å². The molecule has 0 aliphatic carbocycles. The zero-order valence-corrected chi connectivity index (χ0v) is 10.5. The van der Waals surface area contributed by atoms with Gasteiger partial charge >= 0.3 is 0 Å². The first-order chi connectivity index (χ1) is 8.90. The second kappa shape index (κ2) is 4.93. The summed E-state index contributed by atoms with van der Waals surface area (Å²) in [6, 6.07) is 4.05. The second-order valence-corrected chi connectivity index (χ2v) is 4.28. The lowest BCUT2D eigenvalue weighted by Crippen LogP contribution is -2.16. The molecule has 98 valence electrons. The highest BCUT2D eigenvalue weighted by atomic mass is 35.5. The van der Waals surface area contributed by atoms with Crippen molar-refractivity contribution in [2.45, 2.75) is 6.92 Å². The summed E-state index contributed by atoms with van der Waals surface area (Å²) in [5.41, 5.74) is -0.602. The van der Waals surface area contributed by atoms with E-state index in [1.54, 1.807) is 0 Å². The summed E-state index contributed by atoms with van der Waals surface area (Å²) in [5.74, 6) is -1.31. The molecule has 0 bridgehead atoms. The summed E-state index contributed by atoms with van der Waals surface area (Å²) in [5, 5.41) is -0.949. The van der Waals surface area contributed by atoms with E-state index in [0.717, 1.165) is 30.5 Å². The molecule has 1 aromatic carbocycles. The zero-order valence-electron chi connectivity index (χ0n) is 9.78. The maximum atomic E-state index is 13.7. The summed E-state index contributed by atoms with van der Waals surface area (Å²) in [6.45, 7) is 1.54. The average Bonchev–Trinajstić information content (AvgIpc) is 2.32. The Labute approximate surface area is 112 Å². The van der Waals surface area contributed by atoms with Crippen molar-refractivity contribution < 1.29 is 13.6 Å². The van der Waals surface area contributed by atoms with Crippen molar-refractivity contribution >= 4 is 16.8 Å². The van der Waals surface area contributed by atoms with Crippen LogP contribution in [0.1, 0.15) is 16.1 Å². The lowest BCUT2D eigenvalue weighted by Gasteiger charge is -2.12. The number of hydrogen-bond donors (Lipinski definition) is 0. The molecule has 2 aromatic rings. The van der Waals surface area contributed by atoms with Crippen LogP contribution in [0.15, 0.2) is 35.3 Å². The van der Waals surface area contributed by atoms with E-state index in [-0.39, 0.29) is 11.3 Å². The van der Waals surface area contributed by atoms with Gasteiger partial charge in [0.15, 0.2) is 5.43 Å². The number of aryl methyl sites for hydroxylation is 1. The maximum absolute atomic E-state index is 13.7. The van der Waals surface area contributed by atoms with Gasteiger partial charge in [0, 0.05) is 24.0 Å². The Morgan fingerprint density at radius 3 is 2.58 bits per heavy atom. The van der Waals surface area contributed by atoms with Gasteiger partial charge in [-0.05, 0) is 30.7 Å². The van der Waals surface area contributed by atoms with Crippen molar-refractivity contribution in [3.8, 4) is 5.69 Å². The van der Waals surface area contributed by atoms with Gasteiger partial charge in [-0.2, -0.15) is 0 Å². The number of rotatable bonds is 2. The minimum atomic E-state index is -0.949. The number of hydrogen-bond acceptors (Lipinski definition) is 2. The summed E-state index contributed by atoms with van der Waals surface area (Å²) in [7, 11) is 0. The van der Waals surface area contributed by atoms with Crippen molar-refractivity contribution in [2.24, 2.45) is 0 Å². The lowest BCUT2D eigenvalue weighted by atomic mass is 10.2. The van der Waals surface area contributed by atoms with E-state index in [2.05, 4.69) is 0 Å². The Bertz CT molecular complexity index is 725. The summed E-state index contributed by atoms with van der Waals surface area (Å²) >= 11 is 5.27. The Morgan fingerprint density at radius 2 is 1.95 bits per heavy atom. The fourth-order valence-electron chi connectivity index (χ4n) is 1.71. The molecule has 19 heavy (non-hydrogen) atoms. The van der Waals surface area contributed by atoms with Crippen molar-refractivity contribution in [3.63, 3.8) is 0 Å². The highest BCUT2D eigenvalue weighted by Crippen LogP contribution is 2.17. The van der Waals surface area contributed by atoms with Gasteiger partial charge < -0.3 is 4.57 Å². The van der Waals surface area contributed by atoms with Crippen molar-refractivity contribution in [1.82, 2.24) is 4.57 Å². The molecule has 0 unspecified atom stereocenters. The van der Waals surface area contributed by atoms with E-state index < -0.39 is 22.3 Å².